The molecule has 1 saturated carbocycles. The number of aliphatic imine (C=N–C) groups is 1. The van der Waals surface area contributed by atoms with Crippen LogP contribution in [0.15, 0.2) is 28.6 Å². The average molecular weight is 569 g/mol. The lowest BCUT2D eigenvalue weighted by molar-refractivity contribution is -0.137. The molecular weight excluding hydrogens is 533 g/mol. The van der Waals surface area contributed by atoms with Gasteiger partial charge in [-0.25, -0.2) is 8.42 Å². The van der Waals surface area contributed by atoms with Crippen molar-refractivity contribution in [2.24, 2.45) is 10.9 Å². The Bertz CT molecular complexity index is 1260. The molecule has 0 radical (unpaired) electrons. The number of nitrogens with one attached hydrogen (secondary N) is 1. The number of hydrogen-bond donors (Lipinski definition) is 1. The van der Waals surface area contributed by atoms with E-state index in [4.69, 9.17) is 4.99 Å². The van der Waals surface area contributed by atoms with Crippen molar-refractivity contribution in [3.05, 3.63) is 40.3 Å². The maximum Gasteiger partial charge on any atom is 0.416 e. The lowest BCUT2D eigenvalue weighted by Crippen LogP contribution is -2.50. The number of benzene rings is 1. The van der Waals surface area contributed by atoms with Crippen LogP contribution in [0.5, 0.6) is 0 Å². The highest BCUT2D eigenvalue weighted by atomic mass is 32.2. The molecule has 1 saturated heterocycles. The van der Waals surface area contributed by atoms with Gasteiger partial charge in [-0.2, -0.15) is 17.5 Å². The number of aryl methyl sites for hydroxylation is 1. The molecule has 1 aromatic rings. The first kappa shape index (κ1) is 29.3. The van der Waals surface area contributed by atoms with E-state index in [0.29, 0.717) is 11.4 Å². The van der Waals surface area contributed by atoms with Crippen molar-refractivity contribution in [2.75, 3.05) is 27.2 Å². The van der Waals surface area contributed by atoms with Crippen molar-refractivity contribution in [3.8, 4) is 0 Å². The number of amidine groups is 1. The molecule has 8 nitrogen and oxygen atoms in total. The highest BCUT2D eigenvalue weighted by Gasteiger charge is 2.48. The second-order valence-corrected chi connectivity index (χ2v) is 12.6. The third-order valence-corrected chi connectivity index (χ3v) is 9.43. The third-order valence-electron chi connectivity index (χ3n) is 7.87. The van der Waals surface area contributed by atoms with Crippen LogP contribution in [0.25, 0.3) is 6.08 Å². The van der Waals surface area contributed by atoms with Crippen molar-refractivity contribution < 1.29 is 31.2 Å². The molecule has 4 rings (SSSR count). The fourth-order valence-corrected chi connectivity index (χ4v) is 6.61. The zero-order chi connectivity index (χ0) is 28.4. The Balaban J connectivity index is 1.45. The van der Waals surface area contributed by atoms with Crippen molar-refractivity contribution >= 4 is 33.7 Å². The quantitative estimate of drug-likeness (QED) is 0.538. The second-order valence-electron chi connectivity index (χ2n) is 10.8. The topological polar surface area (TPSA) is 99.2 Å². The molecule has 12 heteroatoms. The molecule has 1 spiro atoms. The first-order valence-electron chi connectivity index (χ1n) is 13.3. The molecule has 1 N–H and O–H groups in total. The SMILES string of the molecule is CN(C)C(=O)CCc1ccc(/C=C/S(=O)(=O)N2CCC3(CC2)N=C(C2CCCCC2)NC3=O)c(C(F)(F)F)c1. The first-order valence-corrected chi connectivity index (χ1v) is 14.8. The molecule has 0 aromatic heterocycles. The van der Waals surface area contributed by atoms with Crippen LogP contribution in [0.3, 0.4) is 0 Å². The van der Waals surface area contributed by atoms with Gasteiger partial charge in [0.2, 0.25) is 15.9 Å². The van der Waals surface area contributed by atoms with Gasteiger partial charge in [0.1, 0.15) is 11.4 Å². The summed E-state index contributed by atoms with van der Waals surface area (Å²) >= 11 is 0. The predicted octanol–water partition coefficient (Wildman–Crippen LogP) is 3.97. The molecule has 39 heavy (non-hydrogen) atoms. The number of piperidine rings is 1. The average Bonchev–Trinajstić information content (AvgIpc) is 3.21. The van der Waals surface area contributed by atoms with Crippen LogP contribution in [0.4, 0.5) is 13.2 Å². The van der Waals surface area contributed by atoms with E-state index in [1.165, 1.54) is 27.8 Å². The van der Waals surface area contributed by atoms with E-state index in [1.54, 1.807) is 14.1 Å². The zero-order valence-electron chi connectivity index (χ0n) is 22.3. The summed E-state index contributed by atoms with van der Waals surface area (Å²) in [6.45, 7) is 0.0962. The Labute approximate surface area is 227 Å². The molecule has 0 atom stereocenters. The van der Waals surface area contributed by atoms with Crippen LogP contribution >= 0.6 is 0 Å². The molecule has 3 aliphatic rings. The summed E-state index contributed by atoms with van der Waals surface area (Å²) in [5.41, 5.74) is -1.88. The smallest absolute Gasteiger partial charge is 0.349 e. The number of sulfonamides is 1. The van der Waals surface area contributed by atoms with Crippen LogP contribution in [-0.4, -0.2) is 68.0 Å². The molecule has 2 fully saturated rings. The molecule has 2 amide bonds. The molecule has 1 aliphatic carbocycles. The summed E-state index contributed by atoms with van der Waals surface area (Å²) in [7, 11) is -0.880. The fourth-order valence-electron chi connectivity index (χ4n) is 5.43. The van der Waals surface area contributed by atoms with E-state index >= 15 is 0 Å². The Morgan fingerprint density at radius 2 is 1.85 bits per heavy atom. The first-order chi connectivity index (χ1) is 18.3. The minimum Gasteiger partial charge on any atom is -0.349 e. The van der Waals surface area contributed by atoms with E-state index in [0.717, 1.165) is 43.2 Å². The van der Waals surface area contributed by atoms with Crippen LogP contribution in [0, 0.1) is 5.92 Å². The lowest BCUT2D eigenvalue weighted by Gasteiger charge is -2.34. The van der Waals surface area contributed by atoms with Gasteiger partial charge in [0.25, 0.3) is 5.91 Å². The van der Waals surface area contributed by atoms with Crippen molar-refractivity contribution in [1.29, 1.82) is 0 Å². The van der Waals surface area contributed by atoms with E-state index < -0.39 is 27.3 Å². The zero-order valence-corrected chi connectivity index (χ0v) is 23.1. The highest BCUT2D eigenvalue weighted by Crippen LogP contribution is 2.36. The minimum atomic E-state index is -4.70. The minimum absolute atomic E-state index is 0.0481. The standard InChI is InChI=1S/C27H35F3N4O4S/c1-33(2)23(35)11-9-19-8-10-20(22(18-19)27(28,29)30)12-17-39(37,38)34-15-13-26(14-16-34)25(36)31-24(32-26)21-6-4-3-5-7-21/h8,10,12,17-18,21H,3-7,9,11,13-16H2,1-2H3,(H,31,32,36)/b17-12+. The van der Waals surface area contributed by atoms with Gasteiger partial charge in [-0.3, -0.25) is 14.6 Å². The van der Waals surface area contributed by atoms with Crippen LogP contribution in [0.1, 0.15) is 68.1 Å². The summed E-state index contributed by atoms with van der Waals surface area (Å²) in [5, 5.41) is 3.72. The van der Waals surface area contributed by atoms with E-state index in [1.807, 2.05) is 0 Å². The number of alkyl halides is 3. The molecule has 2 heterocycles. The van der Waals surface area contributed by atoms with Gasteiger partial charge in [0, 0.05) is 44.9 Å². The third kappa shape index (κ3) is 6.71. The second kappa shape index (κ2) is 11.4. The number of amides is 2. The normalized spacial score (nSPS) is 20.8. The van der Waals surface area contributed by atoms with E-state index in [2.05, 4.69) is 5.32 Å². The number of carbonyl (C=O) groups excluding carboxylic acids is 2. The molecule has 214 valence electrons. The number of hydrogen-bond acceptors (Lipinski definition) is 5. The largest absolute Gasteiger partial charge is 0.416 e. The summed E-state index contributed by atoms with van der Waals surface area (Å²) in [5.74, 6) is 0.547. The van der Waals surface area contributed by atoms with Gasteiger partial charge in [-0.05, 0) is 55.4 Å². The van der Waals surface area contributed by atoms with E-state index in [-0.39, 0.29) is 62.1 Å². The summed E-state index contributed by atoms with van der Waals surface area (Å²) < 4.78 is 68.5. The monoisotopic (exact) mass is 568 g/mol. The Hall–Kier alpha value is -2.73. The highest BCUT2D eigenvalue weighted by molar-refractivity contribution is 7.92. The van der Waals surface area contributed by atoms with Gasteiger partial charge in [-0.1, -0.05) is 31.4 Å². The Morgan fingerprint density at radius 3 is 2.46 bits per heavy atom. The number of carbonyl (C=O) groups is 2. The maximum atomic E-state index is 13.8. The summed E-state index contributed by atoms with van der Waals surface area (Å²) in [4.78, 5) is 30.7. The fraction of sp³-hybridized carbons (Fsp3) is 0.593. The molecular formula is C27H35F3N4O4S. The van der Waals surface area contributed by atoms with Gasteiger partial charge < -0.3 is 10.2 Å². The van der Waals surface area contributed by atoms with Gasteiger partial charge in [0.15, 0.2) is 0 Å². The van der Waals surface area contributed by atoms with Gasteiger partial charge in [0.05, 0.1) is 5.56 Å². The van der Waals surface area contributed by atoms with Crippen molar-refractivity contribution in [2.45, 2.75) is 69.5 Å². The van der Waals surface area contributed by atoms with Crippen LogP contribution in [-0.2, 0) is 32.2 Å². The van der Waals surface area contributed by atoms with Crippen molar-refractivity contribution in [3.63, 3.8) is 0 Å². The summed E-state index contributed by atoms with van der Waals surface area (Å²) in [6.07, 6.45) is 2.23. The number of nitrogens with zero attached hydrogens (tertiary/aromatic N) is 3. The Morgan fingerprint density at radius 1 is 1.18 bits per heavy atom. The molecule has 0 unspecified atom stereocenters. The van der Waals surface area contributed by atoms with Gasteiger partial charge >= 0.3 is 6.18 Å². The van der Waals surface area contributed by atoms with E-state index in [9.17, 15) is 31.2 Å². The summed E-state index contributed by atoms with van der Waals surface area (Å²) in [6, 6.07) is 3.65. The predicted molar refractivity (Wildman–Crippen MR) is 142 cm³/mol. The molecule has 1 aromatic carbocycles. The van der Waals surface area contributed by atoms with Crippen LogP contribution in [0.2, 0.25) is 0 Å². The molecule has 0 bridgehead atoms. The van der Waals surface area contributed by atoms with Gasteiger partial charge in [-0.15, -0.1) is 0 Å². The molecule has 2 aliphatic heterocycles. The lowest BCUT2D eigenvalue weighted by atomic mass is 9.88. The van der Waals surface area contributed by atoms with Crippen molar-refractivity contribution in [1.82, 2.24) is 14.5 Å². The Kier molecular flexibility index (Phi) is 8.55. The number of rotatable bonds is 7. The van der Waals surface area contributed by atoms with Crippen LogP contribution < -0.4 is 5.32 Å². The maximum absolute atomic E-state index is 13.8. The number of halogens is 3.